The molecule has 0 spiro atoms. The highest BCUT2D eigenvalue weighted by Gasteiger charge is 2.19. The van der Waals surface area contributed by atoms with Crippen molar-refractivity contribution in [2.75, 3.05) is 17.0 Å². The molecule has 8 heteroatoms. The summed E-state index contributed by atoms with van der Waals surface area (Å²) in [4.78, 5) is 12.6. The molecule has 3 aromatic carbocycles. The number of carbonyl (C=O) groups excluding carboxylic acids is 1. The summed E-state index contributed by atoms with van der Waals surface area (Å²) < 4.78 is 28.3. The summed E-state index contributed by atoms with van der Waals surface area (Å²) in [5.41, 5.74) is 3.51. The fourth-order valence-electron chi connectivity index (χ4n) is 3.02. The van der Waals surface area contributed by atoms with Gasteiger partial charge in [-0.2, -0.15) is 11.8 Å². The van der Waals surface area contributed by atoms with E-state index in [1.165, 1.54) is 6.07 Å². The molecule has 0 saturated carbocycles. The molecule has 0 aliphatic heterocycles. The largest absolute Gasteiger partial charge is 0.351 e. The minimum atomic E-state index is -3.82. The van der Waals surface area contributed by atoms with E-state index in [1.54, 1.807) is 43.0 Å². The lowest BCUT2D eigenvalue weighted by molar-refractivity contribution is 0.0956. The van der Waals surface area contributed by atoms with Crippen LogP contribution in [0.3, 0.4) is 0 Å². The molecule has 5 nitrogen and oxygen atoms in total. The van der Waals surface area contributed by atoms with Crippen LogP contribution in [0, 0.1) is 13.8 Å². The Kier molecular flexibility index (Phi) is 8.23. The van der Waals surface area contributed by atoms with Gasteiger partial charge in [-0.05, 0) is 61.4 Å². The number of thioether (sulfide) groups is 1. The molecule has 168 valence electrons. The lowest BCUT2D eigenvalue weighted by atomic mass is 10.1. The van der Waals surface area contributed by atoms with Crippen molar-refractivity contribution in [2.24, 2.45) is 0 Å². The molecule has 0 atom stereocenters. The zero-order valence-electron chi connectivity index (χ0n) is 17.9. The van der Waals surface area contributed by atoms with Crippen LogP contribution in [-0.4, -0.2) is 26.6 Å². The standard InChI is InChI=1S/C24H25ClN2O3S2/c1-17-6-10-22(11-7-17)27-32(29,30)23-15-20(9-8-18(23)2)24(28)26-12-13-31-16-19-4-3-5-21(25)14-19/h3-11,14-15,27H,12-13,16H2,1-2H3,(H,26,28). The first-order valence-electron chi connectivity index (χ1n) is 10.0. The number of carbonyl (C=O) groups is 1. The molecule has 1 amide bonds. The lowest BCUT2D eigenvalue weighted by Gasteiger charge is -2.12. The van der Waals surface area contributed by atoms with Gasteiger partial charge in [0.25, 0.3) is 15.9 Å². The van der Waals surface area contributed by atoms with Crippen LogP contribution in [0.4, 0.5) is 5.69 Å². The number of benzene rings is 3. The van der Waals surface area contributed by atoms with Crippen molar-refractivity contribution >= 4 is 45.0 Å². The average Bonchev–Trinajstić information content (AvgIpc) is 2.75. The zero-order valence-corrected chi connectivity index (χ0v) is 20.3. The molecule has 0 heterocycles. The number of hydrogen-bond donors (Lipinski definition) is 2. The molecule has 0 radical (unpaired) electrons. The number of sulfonamides is 1. The van der Waals surface area contributed by atoms with E-state index in [0.717, 1.165) is 22.6 Å². The molecule has 0 aromatic heterocycles. The summed E-state index contributed by atoms with van der Waals surface area (Å²) in [6.07, 6.45) is 0. The highest BCUT2D eigenvalue weighted by molar-refractivity contribution is 7.98. The fourth-order valence-corrected chi connectivity index (χ4v) is 5.37. The fraction of sp³-hybridized carbons (Fsp3) is 0.208. The summed E-state index contributed by atoms with van der Waals surface area (Å²) in [5, 5.41) is 3.56. The molecular weight excluding hydrogens is 464 g/mol. The minimum Gasteiger partial charge on any atom is -0.351 e. The van der Waals surface area contributed by atoms with E-state index in [4.69, 9.17) is 11.6 Å². The molecule has 3 aromatic rings. The first-order valence-corrected chi connectivity index (χ1v) is 13.1. The van der Waals surface area contributed by atoms with Crippen molar-refractivity contribution in [1.82, 2.24) is 5.32 Å². The molecule has 0 aliphatic rings. The quantitative estimate of drug-likeness (QED) is 0.394. The van der Waals surface area contributed by atoms with E-state index in [9.17, 15) is 13.2 Å². The molecular formula is C24H25ClN2O3S2. The molecule has 32 heavy (non-hydrogen) atoms. The Morgan fingerprint density at radius 1 is 1.00 bits per heavy atom. The molecule has 0 unspecified atom stereocenters. The summed E-state index contributed by atoms with van der Waals surface area (Å²) in [6, 6.07) is 19.5. The Morgan fingerprint density at radius 3 is 2.47 bits per heavy atom. The Balaban J connectivity index is 1.59. The summed E-state index contributed by atoms with van der Waals surface area (Å²) in [5.74, 6) is 1.22. The summed E-state index contributed by atoms with van der Waals surface area (Å²) in [6.45, 7) is 4.11. The van der Waals surface area contributed by atoms with Crippen LogP contribution in [0.5, 0.6) is 0 Å². The van der Waals surface area contributed by atoms with E-state index >= 15 is 0 Å². The van der Waals surface area contributed by atoms with E-state index in [2.05, 4.69) is 10.0 Å². The molecule has 3 rings (SSSR count). The van der Waals surface area contributed by atoms with E-state index < -0.39 is 10.0 Å². The van der Waals surface area contributed by atoms with E-state index in [1.807, 2.05) is 43.3 Å². The van der Waals surface area contributed by atoms with Crippen molar-refractivity contribution < 1.29 is 13.2 Å². The molecule has 0 saturated heterocycles. The predicted molar refractivity (Wildman–Crippen MR) is 133 cm³/mol. The van der Waals surface area contributed by atoms with Crippen LogP contribution in [-0.2, 0) is 15.8 Å². The van der Waals surface area contributed by atoms with Crippen LogP contribution in [0.1, 0.15) is 27.0 Å². The maximum absolute atomic E-state index is 12.9. The van der Waals surface area contributed by atoms with Crippen molar-refractivity contribution in [1.29, 1.82) is 0 Å². The van der Waals surface area contributed by atoms with Gasteiger partial charge in [0.15, 0.2) is 0 Å². The van der Waals surface area contributed by atoms with Crippen molar-refractivity contribution in [3.05, 3.63) is 94.0 Å². The summed E-state index contributed by atoms with van der Waals surface area (Å²) >= 11 is 7.67. The number of amides is 1. The van der Waals surface area contributed by atoms with Gasteiger partial charge in [0.2, 0.25) is 0 Å². The highest BCUT2D eigenvalue weighted by Crippen LogP contribution is 2.21. The van der Waals surface area contributed by atoms with Gasteiger partial charge in [0.05, 0.1) is 4.90 Å². The molecule has 0 aliphatic carbocycles. The average molecular weight is 489 g/mol. The Bertz CT molecular complexity index is 1200. The van der Waals surface area contributed by atoms with Gasteiger partial charge in [-0.15, -0.1) is 0 Å². The second-order valence-corrected chi connectivity index (χ2v) is 10.6. The van der Waals surface area contributed by atoms with Gasteiger partial charge in [-0.1, -0.05) is 47.5 Å². The highest BCUT2D eigenvalue weighted by atomic mass is 35.5. The number of hydrogen-bond acceptors (Lipinski definition) is 4. The monoisotopic (exact) mass is 488 g/mol. The topological polar surface area (TPSA) is 75.3 Å². The number of nitrogens with one attached hydrogen (secondary N) is 2. The van der Waals surface area contributed by atoms with Crippen LogP contribution in [0.25, 0.3) is 0 Å². The Labute approximate surface area is 198 Å². The smallest absolute Gasteiger partial charge is 0.262 e. The van der Waals surface area contributed by atoms with Crippen molar-refractivity contribution in [3.8, 4) is 0 Å². The second kappa shape index (κ2) is 10.9. The van der Waals surface area contributed by atoms with E-state index in [-0.39, 0.29) is 10.8 Å². The third-order valence-electron chi connectivity index (χ3n) is 4.73. The van der Waals surface area contributed by atoms with Gasteiger partial charge in [0, 0.05) is 34.3 Å². The second-order valence-electron chi connectivity index (χ2n) is 7.39. The molecule has 0 fully saturated rings. The van der Waals surface area contributed by atoms with Crippen LogP contribution >= 0.6 is 23.4 Å². The summed E-state index contributed by atoms with van der Waals surface area (Å²) in [7, 11) is -3.82. The third kappa shape index (κ3) is 6.76. The van der Waals surface area contributed by atoms with Crippen LogP contribution < -0.4 is 10.0 Å². The van der Waals surface area contributed by atoms with Crippen molar-refractivity contribution in [3.63, 3.8) is 0 Å². The van der Waals surface area contributed by atoms with Gasteiger partial charge < -0.3 is 5.32 Å². The SMILES string of the molecule is Cc1ccc(NS(=O)(=O)c2cc(C(=O)NCCSCc3cccc(Cl)c3)ccc2C)cc1. The molecule has 0 bridgehead atoms. The van der Waals surface area contributed by atoms with Gasteiger partial charge in [-0.3, -0.25) is 9.52 Å². The normalized spacial score (nSPS) is 11.2. The van der Waals surface area contributed by atoms with E-state index in [0.29, 0.717) is 28.4 Å². The number of anilines is 1. The lowest BCUT2D eigenvalue weighted by Crippen LogP contribution is -2.26. The maximum atomic E-state index is 12.9. The number of rotatable bonds is 9. The minimum absolute atomic E-state index is 0.0843. The number of halogens is 1. The Hall–Kier alpha value is -2.48. The van der Waals surface area contributed by atoms with Crippen molar-refractivity contribution in [2.45, 2.75) is 24.5 Å². The van der Waals surface area contributed by atoms with Crippen LogP contribution in [0.2, 0.25) is 5.02 Å². The maximum Gasteiger partial charge on any atom is 0.262 e. The Morgan fingerprint density at radius 2 is 1.75 bits per heavy atom. The third-order valence-corrected chi connectivity index (χ3v) is 7.52. The first-order chi connectivity index (χ1) is 15.2. The number of aryl methyl sites for hydroxylation is 2. The first kappa shape index (κ1) is 24.2. The van der Waals surface area contributed by atoms with Gasteiger partial charge in [-0.25, -0.2) is 8.42 Å². The molecule has 2 N–H and O–H groups in total. The predicted octanol–water partition coefficient (Wildman–Crippen LogP) is 5.42. The zero-order chi connectivity index (χ0) is 23.1. The van der Waals surface area contributed by atoms with Crippen LogP contribution in [0.15, 0.2) is 71.6 Å². The van der Waals surface area contributed by atoms with Gasteiger partial charge in [0.1, 0.15) is 0 Å². The van der Waals surface area contributed by atoms with Gasteiger partial charge >= 0.3 is 0 Å².